The number of nitrogens with zero attached hydrogens (tertiary/aromatic N) is 2. The average molecular weight is 218 g/mol. The zero-order chi connectivity index (χ0) is 11.8. The van der Waals surface area contributed by atoms with Crippen molar-refractivity contribution in [1.29, 1.82) is 0 Å². The van der Waals surface area contributed by atoms with Gasteiger partial charge in [-0.15, -0.1) is 0 Å². The van der Waals surface area contributed by atoms with Crippen LogP contribution < -0.4 is 0 Å². The monoisotopic (exact) mass is 218 g/mol. The van der Waals surface area contributed by atoms with E-state index in [2.05, 4.69) is 49.9 Å². The van der Waals surface area contributed by atoms with E-state index in [9.17, 15) is 0 Å². The fraction of sp³-hybridized carbons (Fsp3) is 0.500. The lowest BCUT2D eigenvalue weighted by Crippen LogP contribution is -2.31. The predicted molar refractivity (Wildman–Crippen MR) is 71.1 cm³/mol. The maximum atomic E-state index is 4.70. The van der Waals surface area contributed by atoms with Gasteiger partial charge in [0.05, 0.1) is 0 Å². The summed E-state index contributed by atoms with van der Waals surface area (Å²) in [4.78, 5) is 7.01. The molecular weight excluding hydrogens is 196 g/mol. The van der Waals surface area contributed by atoms with Crippen molar-refractivity contribution in [2.24, 2.45) is 4.99 Å². The Balaban J connectivity index is 2.96. The number of rotatable bonds is 5. The van der Waals surface area contributed by atoms with Crippen LogP contribution in [0.25, 0.3) is 0 Å². The lowest BCUT2D eigenvalue weighted by atomic mass is 10.2. The largest absolute Gasteiger partial charge is 0.357 e. The molecule has 2 nitrogen and oxygen atoms in total. The van der Waals surface area contributed by atoms with Crippen molar-refractivity contribution >= 4 is 5.84 Å². The molecule has 1 rings (SSSR count). The van der Waals surface area contributed by atoms with Crippen LogP contribution in [-0.4, -0.2) is 30.4 Å². The normalized spacial score (nSPS) is 11.6. The van der Waals surface area contributed by atoms with E-state index in [-0.39, 0.29) is 0 Å². The maximum Gasteiger partial charge on any atom is 0.130 e. The summed E-state index contributed by atoms with van der Waals surface area (Å²) in [5, 5.41) is 0. The van der Waals surface area contributed by atoms with Crippen LogP contribution in [0.15, 0.2) is 35.3 Å². The van der Waals surface area contributed by atoms with E-state index >= 15 is 0 Å². The van der Waals surface area contributed by atoms with Gasteiger partial charge in [-0.3, -0.25) is 4.99 Å². The zero-order valence-corrected chi connectivity index (χ0v) is 10.6. The number of aliphatic imine (C=N–C) groups is 1. The Kier molecular flexibility index (Phi) is 5.62. The van der Waals surface area contributed by atoms with E-state index in [1.807, 2.05) is 6.07 Å². The van der Waals surface area contributed by atoms with Crippen molar-refractivity contribution in [3.05, 3.63) is 35.9 Å². The quantitative estimate of drug-likeness (QED) is 0.547. The molecule has 0 bridgehead atoms. The first-order chi connectivity index (χ1) is 7.83. The summed E-state index contributed by atoms with van der Waals surface area (Å²) >= 11 is 0. The van der Waals surface area contributed by atoms with Crippen LogP contribution in [0.3, 0.4) is 0 Å². The smallest absolute Gasteiger partial charge is 0.130 e. The molecule has 0 amide bonds. The van der Waals surface area contributed by atoms with Crippen LogP contribution in [0, 0.1) is 0 Å². The van der Waals surface area contributed by atoms with E-state index in [1.54, 1.807) is 0 Å². The second kappa shape index (κ2) is 7.04. The van der Waals surface area contributed by atoms with E-state index in [1.165, 1.54) is 5.56 Å². The van der Waals surface area contributed by atoms with Gasteiger partial charge in [0.25, 0.3) is 0 Å². The molecule has 2 heteroatoms. The van der Waals surface area contributed by atoms with Gasteiger partial charge in [-0.2, -0.15) is 0 Å². The lowest BCUT2D eigenvalue weighted by molar-refractivity contribution is 0.464. The third-order valence-corrected chi connectivity index (χ3v) is 2.58. The molecule has 0 aliphatic carbocycles. The molecule has 0 aromatic heterocycles. The molecule has 88 valence electrons. The van der Waals surface area contributed by atoms with Gasteiger partial charge in [-0.05, 0) is 20.3 Å². The Morgan fingerprint density at radius 3 is 2.19 bits per heavy atom. The van der Waals surface area contributed by atoms with Crippen LogP contribution >= 0.6 is 0 Å². The van der Waals surface area contributed by atoms with Gasteiger partial charge in [0.15, 0.2) is 0 Å². The summed E-state index contributed by atoms with van der Waals surface area (Å²) in [5.41, 5.74) is 1.22. The highest BCUT2D eigenvalue weighted by atomic mass is 15.2. The molecule has 0 aliphatic heterocycles. The number of benzene rings is 1. The minimum Gasteiger partial charge on any atom is -0.357 e. The van der Waals surface area contributed by atoms with Crippen LogP contribution in [0.4, 0.5) is 0 Å². The van der Waals surface area contributed by atoms with Gasteiger partial charge >= 0.3 is 0 Å². The third-order valence-electron chi connectivity index (χ3n) is 2.58. The standard InChI is InChI=1S/C14H22N2/c1-4-12-15-14(16(5-2)6-3)13-10-8-7-9-11-13/h7-11H,4-6,12H2,1-3H3. The van der Waals surface area contributed by atoms with Gasteiger partial charge < -0.3 is 4.90 Å². The minimum absolute atomic E-state index is 0.903. The molecule has 0 atom stereocenters. The molecule has 0 saturated carbocycles. The van der Waals surface area contributed by atoms with Crippen molar-refractivity contribution in [3.63, 3.8) is 0 Å². The van der Waals surface area contributed by atoms with Gasteiger partial charge in [0.1, 0.15) is 5.84 Å². The number of hydrogen-bond donors (Lipinski definition) is 0. The molecule has 0 unspecified atom stereocenters. The Bertz CT molecular complexity index is 313. The molecular formula is C14H22N2. The number of amidine groups is 1. The highest BCUT2D eigenvalue weighted by Crippen LogP contribution is 2.06. The molecule has 0 N–H and O–H groups in total. The fourth-order valence-corrected chi connectivity index (χ4v) is 1.70. The first kappa shape index (κ1) is 12.8. The first-order valence-electron chi connectivity index (χ1n) is 6.18. The fourth-order valence-electron chi connectivity index (χ4n) is 1.70. The Morgan fingerprint density at radius 1 is 1.06 bits per heavy atom. The van der Waals surface area contributed by atoms with Crippen LogP contribution in [-0.2, 0) is 0 Å². The molecule has 0 radical (unpaired) electrons. The molecule has 0 saturated heterocycles. The van der Waals surface area contributed by atoms with Crippen LogP contribution in [0.1, 0.15) is 32.8 Å². The number of hydrogen-bond acceptors (Lipinski definition) is 1. The van der Waals surface area contributed by atoms with Gasteiger partial charge in [0.2, 0.25) is 0 Å². The Hall–Kier alpha value is -1.31. The van der Waals surface area contributed by atoms with Crippen molar-refractivity contribution in [1.82, 2.24) is 4.90 Å². The van der Waals surface area contributed by atoms with Crippen molar-refractivity contribution in [2.75, 3.05) is 19.6 Å². The SMILES string of the molecule is CCCN=C(c1ccccc1)N(CC)CC. The third kappa shape index (κ3) is 3.37. The molecule has 16 heavy (non-hydrogen) atoms. The van der Waals surface area contributed by atoms with E-state index < -0.39 is 0 Å². The Morgan fingerprint density at radius 2 is 1.69 bits per heavy atom. The summed E-state index contributed by atoms with van der Waals surface area (Å²) in [6, 6.07) is 10.4. The molecule has 0 aliphatic rings. The topological polar surface area (TPSA) is 15.6 Å². The zero-order valence-electron chi connectivity index (χ0n) is 10.6. The summed E-state index contributed by atoms with van der Waals surface area (Å²) in [7, 11) is 0. The van der Waals surface area contributed by atoms with E-state index in [0.717, 1.165) is 31.9 Å². The van der Waals surface area contributed by atoms with E-state index in [4.69, 9.17) is 4.99 Å². The molecule has 0 spiro atoms. The highest BCUT2D eigenvalue weighted by molar-refractivity contribution is 5.98. The van der Waals surface area contributed by atoms with Crippen molar-refractivity contribution in [2.45, 2.75) is 27.2 Å². The van der Waals surface area contributed by atoms with Crippen molar-refractivity contribution < 1.29 is 0 Å². The predicted octanol–water partition coefficient (Wildman–Crippen LogP) is 3.19. The van der Waals surface area contributed by atoms with E-state index in [0.29, 0.717) is 0 Å². The first-order valence-corrected chi connectivity index (χ1v) is 6.18. The van der Waals surface area contributed by atoms with Gasteiger partial charge in [0, 0.05) is 25.2 Å². The van der Waals surface area contributed by atoms with Gasteiger partial charge in [-0.1, -0.05) is 37.3 Å². The molecule has 1 aromatic carbocycles. The van der Waals surface area contributed by atoms with Crippen molar-refractivity contribution in [3.8, 4) is 0 Å². The second-order valence-electron chi connectivity index (χ2n) is 3.74. The lowest BCUT2D eigenvalue weighted by Gasteiger charge is -2.23. The maximum absolute atomic E-state index is 4.70. The Labute approximate surface area is 99.0 Å². The summed E-state index contributed by atoms with van der Waals surface area (Å²) in [6.07, 6.45) is 1.09. The van der Waals surface area contributed by atoms with Gasteiger partial charge in [-0.25, -0.2) is 0 Å². The molecule has 0 fully saturated rings. The average Bonchev–Trinajstić information content (AvgIpc) is 2.35. The molecule has 1 aromatic rings. The van der Waals surface area contributed by atoms with Crippen LogP contribution in [0.5, 0.6) is 0 Å². The highest BCUT2D eigenvalue weighted by Gasteiger charge is 2.08. The summed E-state index contributed by atoms with van der Waals surface area (Å²) in [6.45, 7) is 9.43. The summed E-state index contributed by atoms with van der Waals surface area (Å²) < 4.78 is 0. The molecule has 0 heterocycles. The minimum atomic E-state index is 0.903. The second-order valence-corrected chi connectivity index (χ2v) is 3.74. The van der Waals surface area contributed by atoms with Crippen LogP contribution in [0.2, 0.25) is 0 Å². The summed E-state index contributed by atoms with van der Waals surface area (Å²) in [5.74, 6) is 1.13.